The van der Waals surface area contributed by atoms with Crippen LogP contribution in [0, 0.1) is 6.92 Å². The van der Waals surface area contributed by atoms with E-state index in [4.69, 9.17) is 0 Å². The van der Waals surface area contributed by atoms with Crippen LogP contribution in [0.4, 0.5) is 5.69 Å². The van der Waals surface area contributed by atoms with Crippen molar-refractivity contribution in [3.8, 4) is 0 Å². The van der Waals surface area contributed by atoms with Gasteiger partial charge in [0.15, 0.2) is 6.29 Å². The third kappa shape index (κ3) is 2.96. The van der Waals surface area contributed by atoms with Crippen molar-refractivity contribution in [3.63, 3.8) is 0 Å². The van der Waals surface area contributed by atoms with Crippen LogP contribution in [0.15, 0.2) is 65.6 Å². The highest BCUT2D eigenvalue weighted by Gasteiger charge is 2.16. The summed E-state index contributed by atoms with van der Waals surface area (Å²) in [7, 11) is -3.74. The molecule has 0 amide bonds. The quantitative estimate of drug-likeness (QED) is 0.743. The van der Waals surface area contributed by atoms with Gasteiger partial charge in [-0.2, -0.15) is 0 Å². The van der Waals surface area contributed by atoms with Crippen molar-refractivity contribution in [2.75, 3.05) is 4.72 Å². The van der Waals surface area contributed by atoms with Gasteiger partial charge in [0.05, 0.1) is 10.6 Å². The Morgan fingerprint density at radius 2 is 1.61 bits per heavy atom. The number of carbonyl (C=O) groups is 1. The van der Waals surface area contributed by atoms with Gasteiger partial charge < -0.3 is 0 Å². The first kappa shape index (κ1) is 15.2. The number of benzene rings is 3. The first-order valence-corrected chi connectivity index (χ1v) is 8.56. The van der Waals surface area contributed by atoms with Crippen molar-refractivity contribution in [3.05, 3.63) is 71.8 Å². The predicted octanol–water partition coefficient (Wildman–Crippen LogP) is 3.76. The molecule has 0 bridgehead atoms. The molecular weight excluding hydrogens is 310 g/mol. The van der Waals surface area contributed by atoms with Crippen LogP contribution in [-0.4, -0.2) is 14.7 Å². The van der Waals surface area contributed by atoms with Gasteiger partial charge in [-0.25, -0.2) is 8.42 Å². The van der Waals surface area contributed by atoms with E-state index in [1.807, 2.05) is 25.1 Å². The number of sulfonamides is 1. The van der Waals surface area contributed by atoms with Crippen LogP contribution in [0.5, 0.6) is 0 Å². The van der Waals surface area contributed by atoms with Crippen molar-refractivity contribution in [2.24, 2.45) is 0 Å². The lowest BCUT2D eigenvalue weighted by atomic mass is 10.0. The highest BCUT2D eigenvalue weighted by Crippen LogP contribution is 2.26. The van der Waals surface area contributed by atoms with Gasteiger partial charge in [0.2, 0.25) is 0 Å². The Morgan fingerprint density at radius 3 is 2.30 bits per heavy atom. The highest BCUT2D eigenvalue weighted by molar-refractivity contribution is 7.92. The van der Waals surface area contributed by atoms with E-state index in [1.54, 1.807) is 42.5 Å². The summed E-state index contributed by atoms with van der Waals surface area (Å²) in [5, 5.41) is 1.60. The molecule has 116 valence electrons. The SMILES string of the molecule is Cc1ccc(S(=O)(=O)Nc2ccc3ccccc3c2C=O)cc1. The zero-order valence-electron chi connectivity index (χ0n) is 12.5. The van der Waals surface area contributed by atoms with Crippen molar-refractivity contribution >= 4 is 32.8 Å². The third-order valence-electron chi connectivity index (χ3n) is 3.66. The van der Waals surface area contributed by atoms with E-state index in [0.29, 0.717) is 17.2 Å². The molecule has 3 aromatic carbocycles. The molecule has 0 aromatic heterocycles. The summed E-state index contributed by atoms with van der Waals surface area (Å²) in [6.07, 6.45) is 0.676. The number of nitrogens with one attached hydrogen (secondary N) is 1. The summed E-state index contributed by atoms with van der Waals surface area (Å²) in [6, 6.07) is 17.3. The largest absolute Gasteiger partial charge is 0.298 e. The van der Waals surface area contributed by atoms with Gasteiger partial charge in [-0.05, 0) is 35.9 Å². The van der Waals surface area contributed by atoms with Crippen molar-refractivity contribution < 1.29 is 13.2 Å². The van der Waals surface area contributed by atoms with Crippen LogP contribution < -0.4 is 4.72 Å². The first-order chi connectivity index (χ1) is 11.0. The average molecular weight is 325 g/mol. The van der Waals surface area contributed by atoms with E-state index in [9.17, 15) is 13.2 Å². The zero-order valence-corrected chi connectivity index (χ0v) is 13.3. The molecule has 0 saturated heterocycles. The smallest absolute Gasteiger partial charge is 0.261 e. The van der Waals surface area contributed by atoms with Gasteiger partial charge in [-0.3, -0.25) is 9.52 Å². The van der Waals surface area contributed by atoms with Crippen LogP contribution in [0.1, 0.15) is 15.9 Å². The van der Waals surface area contributed by atoms with Crippen LogP contribution >= 0.6 is 0 Å². The molecule has 0 aliphatic carbocycles. The Kier molecular flexibility index (Phi) is 3.88. The maximum Gasteiger partial charge on any atom is 0.261 e. The fourth-order valence-electron chi connectivity index (χ4n) is 2.43. The molecule has 0 saturated carbocycles. The number of fused-ring (bicyclic) bond motifs is 1. The van der Waals surface area contributed by atoms with E-state index < -0.39 is 10.0 Å². The Balaban J connectivity index is 2.07. The van der Waals surface area contributed by atoms with Crippen LogP contribution in [0.2, 0.25) is 0 Å². The number of hydrogen-bond donors (Lipinski definition) is 1. The zero-order chi connectivity index (χ0) is 16.4. The average Bonchev–Trinajstić information content (AvgIpc) is 2.55. The topological polar surface area (TPSA) is 63.2 Å². The summed E-state index contributed by atoms with van der Waals surface area (Å²) in [5.41, 5.74) is 1.58. The van der Waals surface area contributed by atoms with E-state index >= 15 is 0 Å². The number of anilines is 1. The predicted molar refractivity (Wildman–Crippen MR) is 91.3 cm³/mol. The van der Waals surface area contributed by atoms with Crippen LogP contribution in [-0.2, 0) is 10.0 Å². The van der Waals surface area contributed by atoms with Crippen molar-refractivity contribution in [1.29, 1.82) is 0 Å². The second kappa shape index (κ2) is 5.85. The van der Waals surface area contributed by atoms with Gasteiger partial charge in [0, 0.05) is 5.56 Å². The van der Waals surface area contributed by atoms with E-state index in [2.05, 4.69) is 4.72 Å². The monoisotopic (exact) mass is 325 g/mol. The maximum atomic E-state index is 12.5. The molecule has 23 heavy (non-hydrogen) atoms. The third-order valence-corrected chi connectivity index (χ3v) is 5.05. The summed E-state index contributed by atoms with van der Waals surface area (Å²) in [6.45, 7) is 1.89. The van der Waals surface area contributed by atoms with Gasteiger partial charge in [-0.15, -0.1) is 0 Å². The van der Waals surface area contributed by atoms with E-state index in [1.165, 1.54) is 0 Å². The molecule has 0 radical (unpaired) electrons. The van der Waals surface area contributed by atoms with E-state index in [0.717, 1.165) is 10.9 Å². The second-order valence-electron chi connectivity index (χ2n) is 5.28. The van der Waals surface area contributed by atoms with Crippen molar-refractivity contribution in [2.45, 2.75) is 11.8 Å². The summed E-state index contributed by atoms with van der Waals surface area (Å²) >= 11 is 0. The van der Waals surface area contributed by atoms with Crippen LogP contribution in [0.25, 0.3) is 10.8 Å². The fraction of sp³-hybridized carbons (Fsp3) is 0.0556. The Morgan fingerprint density at radius 1 is 0.913 bits per heavy atom. The summed E-state index contributed by atoms with van der Waals surface area (Å²) in [5.74, 6) is 0. The molecular formula is C18H15NO3S. The van der Waals surface area contributed by atoms with Crippen LogP contribution in [0.3, 0.4) is 0 Å². The van der Waals surface area contributed by atoms with Gasteiger partial charge in [0.1, 0.15) is 0 Å². The molecule has 0 aliphatic heterocycles. The lowest BCUT2D eigenvalue weighted by Gasteiger charge is -2.12. The molecule has 3 aromatic rings. The summed E-state index contributed by atoms with van der Waals surface area (Å²) < 4.78 is 27.5. The molecule has 1 N–H and O–H groups in total. The molecule has 4 nitrogen and oxygen atoms in total. The minimum Gasteiger partial charge on any atom is -0.298 e. The lowest BCUT2D eigenvalue weighted by Crippen LogP contribution is -2.14. The Bertz CT molecular complexity index is 977. The minimum atomic E-state index is -3.74. The highest BCUT2D eigenvalue weighted by atomic mass is 32.2. The first-order valence-electron chi connectivity index (χ1n) is 7.08. The number of hydrogen-bond acceptors (Lipinski definition) is 3. The molecule has 0 spiro atoms. The van der Waals surface area contributed by atoms with Crippen molar-refractivity contribution in [1.82, 2.24) is 0 Å². The molecule has 0 unspecified atom stereocenters. The Hall–Kier alpha value is -2.66. The fourth-order valence-corrected chi connectivity index (χ4v) is 3.51. The van der Waals surface area contributed by atoms with Gasteiger partial charge >= 0.3 is 0 Å². The molecule has 0 fully saturated rings. The number of rotatable bonds is 4. The standard InChI is InChI=1S/C18H15NO3S/c1-13-6-9-15(10-7-13)23(21,22)19-18-11-8-14-4-2-3-5-16(14)17(18)12-20/h2-12,19H,1H3. The molecule has 0 aliphatic rings. The molecule has 5 heteroatoms. The minimum absolute atomic E-state index is 0.160. The van der Waals surface area contributed by atoms with Gasteiger partial charge in [0.25, 0.3) is 10.0 Å². The number of aldehydes is 1. The van der Waals surface area contributed by atoms with E-state index in [-0.39, 0.29) is 10.6 Å². The second-order valence-corrected chi connectivity index (χ2v) is 6.97. The van der Waals surface area contributed by atoms with Gasteiger partial charge in [-0.1, -0.05) is 48.0 Å². The lowest BCUT2D eigenvalue weighted by molar-refractivity contribution is 0.112. The Labute approximate surface area is 134 Å². The number of aryl methyl sites for hydroxylation is 1. The molecule has 0 heterocycles. The summed E-state index contributed by atoms with van der Waals surface area (Å²) in [4.78, 5) is 11.6. The number of carbonyl (C=O) groups excluding carboxylic acids is 1. The molecule has 3 rings (SSSR count). The molecule has 0 atom stereocenters. The normalized spacial score (nSPS) is 11.3. The maximum absolute atomic E-state index is 12.5.